The van der Waals surface area contributed by atoms with Crippen molar-refractivity contribution in [2.24, 2.45) is 14.1 Å². The third-order valence-electron chi connectivity index (χ3n) is 3.21. The molecule has 0 spiro atoms. The number of amides is 1. The summed E-state index contributed by atoms with van der Waals surface area (Å²) in [6.07, 6.45) is 1.75. The van der Waals surface area contributed by atoms with Gasteiger partial charge in [-0.3, -0.25) is 19.5 Å². The first-order chi connectivity index (χ1) is 10.4. The molecule has 0 aliphatic rings. The molecule has 1 amide bonds. The lowest BCUT2D eigenvalue weighted by atomic mass is 10.3. The van der Waals surface area contributed by atoms with Crippen molar-refractivity contribution in [1.29, 1.82) is 0 Å². The molecule has 0 unspecified atom stereocenters. The van der Waals surface area contributed by atoms with E-state index in [0.717, 1.165) is 11.3 Å². The highest BCUT2D eigenvalue weighted by atomic mass is 16.4. The summed E-state index contributed by atoms with van der Waals surface area (Å²) < 4.78 is 8.69. The van der Waals surface area contributed by atoms with Crippen LogP contribution in [0.5, 0.6) is 0 Å². The Labute approximate surface area is 125 Å². The first-order valence-corrected chi connectivity index (χ1v) is 6.60. The van der Waals surface area contributed by atoms with Gasteiger partial charge in [-0.05, 0) is 19.9 Å². The number of aryl methyl sites for hydroxylation is 4. The topological polar surface area (TPSA) is 104 Å². The number of nitrogens with zero attached hydrogens (tertiary/aromatic N) is 6. The zero-order valence-corrected chi connectivity index (χ0v) is 12.7. The third-order valence-corrected chi connectivity index (χ3v) is 3.21. The van der Waals surface area contributed by atoms with Gasteiger partial charge in [0.05, 0.1) is 0 Å². The molecule has 114 valence electrons. The molecule has 9 heteroatoms. The van der Waals surface area contributed by atoms with Gasteiger partial charge in [0.2, 0.25) is 0 Å². The molecular weight excluding hydrogens is 286 g/mol. The van der Waals surface area contributed by atoms with E-state index < -0.39 is 5.91 Å². The smallest absolute Gasteiger partial charge is 0.322 e. The van der Waals surface area contributed by atoms with Gasteiger partial charge in [-0.2, -0.15) is 10.2 Å². The number of anilines is 1. The largest absolute Gasteiger partial charge is 0.401 e. The van der Waals surface area contributed by atoms with E-state index in [9.17, 15) is 4.79 Å². The Morgan fingerprint density at radius 1 is 1.23 bits per heavy atom. The summed E-state index contributed by atoms with van der Waals surface area (Å²) >= 11 is 0. The Balaban J connectivity index is 1.79. The second-order valence-corrected chi connectivity index (χ2v) is 5.00. The van der Waals surface area contributed by atoms with Gasteiger partial charge in [-0.15, -0.1) is 5.10 Å². The lowest BCUT2D eigenvalue weighted by Crippen LogP contribution is -2.14. The second-order valence-electron chi connectivity index (χ2n) is 5.00. The normalized spacial score (nSPS) is 10.9. The number of carbonyl (C=O) groups is 1. The summed E-state index contributed by atoms with van der Waals surface area (Å²) in [7, 11) is 3.57. The molecule has 0 saturated heterocycles. The lowest BCUT2D eigenvalue weighted by molar-refractivity contribution is 0.101. The zero-order chi connectivity index (χ0) is 15.9. The van der Waals surface area contributed by atoms with E-state index in [1.807, 2.05) is 20.0 Å². The number of nitrogens with one attached hydrogen (secondary N) is 1. The summed E-state index contributed by atoms with van der Waals surface area (Å²) in [6, 6.07) is 1.83. The highest BCUT2D eigenvalue weighted by molar-refractivity contribution is 6.02. The number of hydrogen-bond acceptors (Lipinski definition) is 6. The molecule has 0 aliphatic carbocycles. The molecule has 3 aromatic heterocycles. The fourth-order valence-corrected chi connectivity index (χ4v) is 2.03. The average molecular weight is 301 g/mol. The van der Waals surface area contributed by atoms with Gasteiger partial charge >= 0.3 is 6.01 Å². The molecule has 0 radical (unpaired) electrons. The molecule has 0 bridgehead atoms. The Kier molecular flexibility index (Phi) is 3.24. The van der Waals surface area contributed by atoms with Crippen molar-refractivity contribution in [3.63, 3.8) is 0 Å². The van der Waals surface area contributed by atoms with Crippen LogP contribution < -0.4 is 5.32 Å². The predicted octanol–water partition coefficient (Wildman–Crippen LogP) is 1.07. The third kappa shape index (κ3) is 2.48. The van der Waals surface area contributed by atoms with Crippen molar-refractivity contribution < 1.29 is 9.21 Å². The minimum atomic E-state index is -0.398. The van der Waals surface area contributed by atoms with Crippen LogP contribution >= 0.6 is 0 Å². The Morgan fingerprint density at radius 2 is 2.00 bits per heavy atom. The number of rotatable bonds is 3. The molecule has 0 atom stereocenters. The van der Waals surface area contributed by atoms with Crippen LogP contribution in [-0.4, -0.2) is 35.7 Å². The molecule has 1 N–H and O–H groups in total. The van der Waals surface area contributed by atoms with E-state index in [-0.39, 0.29) is 11.9 Å². The van der Waals surface area contributed by atoms with Crippen molar-refractivity contribution in [3.8, 4) is 11.6 Å². The van der Waals surface area contributed by atoms with Crippen LogP contribution in [-0.2, 0) is 14.1 Å². The van der Waals surface area contributed by atoms with E-state index in [1.54, 1.807) is 29.5 Å². The van der Waals surface area contributed by atoms with Crippen LogP contribution in [0.2, 0.25) is 0 Å². The molecule has 0 aromatic carbocycles. The quantitative estimate of drug-likeness (QED) is 0.776. The van der Waals surface area contributed by atoms with Crippen LogP contribution in [0.25, 0.3) is 11.6 Å². The summed E-state index contributed by atoms with van der Waals surface area (Å²) in [6.45, 7) is 3.72. The molecule has 3 heterocycles. The van der Waals surface area contributed by atoms with Crippen molar-refractivity contribution in [1.82, 2.24) is 29.8 Å². The van der Waals surface area contributed by atoms with Crippen molar-refractivity contribution in [3.05, 3.63) is 29.2 Å². The van der Waals surface area contributed by atoms with Gasteiger partial charge in [-0.25, -0.2) is 0 Å². The maximum atomic E-state index is 12.1. The molecule has 0 fully saturated rings. The highest BCUT2D eigenvalue weighted by Gasteiger charge is 2.18. The molecule has 0 aliphatic heterocycles. The number of hydrogen-bond donors (Lipinski definition) is 1. The lowest BCUT2D eigenvalue weighted by Gasteiger charge is -1.97. The minimum Gasteiger partial charge on any atom is -0.401 e. The van der Waals surface area contributed by atoms with Crippen LogP contribution in [0.4, 0.5) is 6.01 Å². The highest BCUT2D eigenvalue weighted by Crippen LogP contribution is 2.19. The monoisotopic (exact) mass is 301 g/mol. The van der Waals surface area contributed by atoms with Crippen molar-refractivity contribution in [2.75, 3.05) is 5.32 Å². The fraction of sp³-hybridized carbons (Fsp3) is 0.308. The SMILES string of the molecule is Cc1cn(C)nc1C(=O)Nc1nnc(-c2cc(C)n(C)n2)o1. The van der Waals surface area contributed by atoms with E-state index >= 15 is 0 Å². The zero-order valence-electron chi connectivity index (χ0n) is 12.7. The van der Waals surface area contributed by atoms with E-state index in [2.05, 4.69) is 25.7 Å². The van der Waals surface area contributed by atoms with Gasteiger partial charge in [-0.1, -0.05) is 5.10 Å². The van der Waals surface area contributed by atoms with Crippen LogP contribution in [0.15, 0.2) is 16.7 Å². The molecular formula is C13H15N7O2. The number of carbonyl (C=O) groups excluding carboxylic acids is 1. The molecule has 0 saturated carbocycles. The van der Waals surface area contributed by atoms with Gasteiger partial charge in [0, 0.05) is 31.5 Å². The van der Waals surface area contributed by atoms with Crippen molar-refractivity contribution >= 4 is 11.9 Å². The summed E-state index contributed by atoms with van der Waals surface area (Å²) in [5, 5.41) is 18.5. The number of aromatic nitrogens is 6. The Hall–Kier alpha value is -2.97. The van der Waals surface area contributed by atoms with E-state index in [0.29, 0.717) is 11.4 Å². The van der Waals surface area contributed by atoms with Gasteiger partial charge < -0.3 is 4.42 Å². The first-order valence-electron chi connectivity index (χ1n) is 6.60. The van der Waals surface area contributed by atoms with E-state index in [1.165, 1.54) is 0 Å². The fourth-order valence-electron chi connectivity index (χ4n) is 2.03. The first kappa shape index (κ1) is 14.0. The molecule has 9 nitrogen and oxygen atoms in total. The summed E-state index contributed by atoms with van der Waals surface area (Å²) in [5.74, 6) is -0.151. The Bertz CT molecular complexity index is 823. The van der Waals surface area contributed by atoms with Crippen molar-refractivity contribution in [2.45, 2.75) is 13.8 Å². The van der Waals surface area contributed by atoms with Crippen LogP contribution in [0.1, 0.15) is 21.7 Å². The maximum absolute atomic E-state index is 12.1. The molecule has 3 aromatic rings. The van der Waals surface area contributed by atoms with Crippen LogP contribution in [0.3, 0.4) is 0 Å². The van der Waals surface area contributed by atoms with Crippen LogP contribution in [0, 0.1) is 13.8 Å². The van der Waals surface area contributed by atoms with Gasteiger partial charge in [0.15, 0.2) is 5.69 Å². The average Bonchev–Trinajstić information content (AvgIpc) is 3.11. The summed E-state index contributed by atoms with van der Waals surface area (Å²) in [4.78, 5) is 12.1. The summed E-state index contributed by atoms with van der Waals surface area (Å²) in [5.41, 5.74) is 2.60. The predicted molar refractivity (Wildman–Crippen MR) is 77.1 cm³/mol. The Morgan fingerprint density at radius 3 is 2.59 bits per heavy atom. The molecule has 3 rings (SSSR count). The van der Waals surface area contributed by atoms with E-state index in [4.69, 9.17) is 4.42 Å². The van der Waals surface area contributed by atoms with Gasteiger partial charge in [0.25, 0.3) is 11.8 Å². The van der Waals surface area contributed by atoms with Gasteiger partial charge in [0.1, 0.15) is 5.69 Å². The maximum Gasteiger partial charge on any atom is 0.322 e. The second kappa shape index (κ2) is 5.10. The minimum absolute atomic E-state index is 0.00774. The molecule has 22 heavy (non-hydrogen) atoms. The standard InChI is InChI=1S/C13H15N7O2/c1-7-6-19(3)18-10(7)11(21)14-13-16-15-12(22-13)9-5-8(2)20(4)17-9/h5-6H,1-4H3,(H,14,16,21).